The van der Waals surface area contributed by atoms with Crippen LogP contribution in [0.5, 0.6) is 11.5 Å². The average molecular weight is 372 g/mol. The van der Waals surface area contributed by atoms with Crippen LogP contribution in [0, 0.1) is 0 Å². The van der Waals surface area contributed by atoms with Gasteiger partial charge in [0.05, 0.1) is 18.8 Å². The molecular weight excluding hydrogens is 352 g/mol. The van der Waals surface area contributed by atoms with Gasteiger partial charge in [-0.3, -0.25) is 0 Å². The Morgan fingerprint density at radius 2 is 1.32 bits per heavy atom. The summed E-state index contributed by atoms with van der Waals surface area (Å²) < 4.78 is 11.8. The first-order valence-electron chi connectivity index (χ1n) is 9.22. The van der Waals surface area contributed by atoms with Gasteiger partial charge < -0.3 is 14.6 Å². The summed E-state index contributed by atoms with van der Waals surface area (Å²) in [5, 5.41) is 13.4. The number of ether oxygens (including phenoxy) is 2. The van der Waals surface area contributed by atoms with E-state index in [4.69, 9.17) is 14.6 Å². The minimum absolute atomic E-state index is 0.249. The molecule has 0 unspecified atom stereocenters. The summed E-state index contributed by atoms with van der Waals surface area (Å²) in [5.41, 5.74) is 0.249. The maximum atomic E-state index is 10.9. The zero-order valence-electron chi connectivity index (χ0n) is 15.3. The summed E-state index contributed by atoms with van der Waals surface area (Å²) in [4.78, 5) is 10.9. The lowest BCUT2D eigenvalue weighted by Gasteiger charge is -2.13. The Labute approximate surface area is 162 Å². The third-order valence-corrected chi connectivity index (χ3v) is 4.63. The van der Waals surface area contributed by atoms with Crippen LogP contribution in [0.1, 0.15) is 16.8 Å². The number of hydrogen-bond donors (Lipinski definition) is 1. The van der Waals surface area contributed by atoms with Crippen LogP contribution in [0.4, 0.5) is 0 Å². The number of carboxylic acids is 1. The van der Waals surface area contributed by atoms with Crippen molar-refractivity contribution in [2.24, 2.45) is 0 Å². The molecule has 0 aliphatic rings. The van der Waals surface area contributed by atoms with Crippen molar-refractivity contribution in [1.82, 2.24) is 0 Å². The van der Waals surface area contributed by atoms with Crippen molar-refractivity contribution < 1.29 is 19.4 Å². The van der Waals surface area contributed by atoms with Gasteiger partial charge >= 0.3 is 5.97 Å². The van der Waals surface area contributed by atoms with Gasteiger partial charge in [-0.1, -0.05) is 48.5 Å². The molecule has 4 aromatic carbocycles. The second-order valence-electron chi connectivity index (χ2n) is 6.53. The molecule has 0 aromatic heterocycles. The second kappa shape index (κ2) is 8.01. The van der Waals surface area contributed by atoms with Crippen LogP contribution in [0.3, 0.4) is 0 Å². The van der Waals surface area contributed by atoms with E-state index in [2.05, 4.69) is 30.3 Å². The summed E-state index contributed by atoms with van der Waals surface area (Å²) in [6.07, 6.45) is 0.720. The molecule has 0 saturated carbocycles. The molecule has 28 heavy (non-hydrogen) atoms. The van der Waals surface area contributed by atoms with Gasteiger partial charge in [0.25, 0.3) is 0 Å². The minimum atomic E-state index is -0.942. The summed E-state index contributed by atoms with van der Waals surface area (Å²) in [7, 11) is 0. The number of benzene rings is 4. The van der Waals surface area contributed by atoms with Crippen molar-refractivity contribution in [3.63, 3.8) is 0 Å². The maximum absolute atomic E-state index is 10.9. The Morgan fingerprint density at radius 3 is 1.93 bits per heavy atom. The average Bonchev–Trinajstić information content (AvgIpc) is 2.73. The predicted octanol–water partition coefficient (Wildman–Crippen LogP) is 5.54. The molecule has 4 aromatic rings. The molecule has 0 fully saturated rings. The molecule has 1 N–H and O–H groups in total. The first kappa shape index (κ1) is 17.9. The van der Waals surface area contributed by atoms with Gasteiger partial charge in [0.2, 0.25) is 0 Å². The Morgan fingerprint density at radius 1 is 0.750 bits per heavy atom. The minimum Gasteiger partial charge on any atom is -0.493 e. The lowest BCUT2D eigenvalue weighted by molar-refractivity contribution is 0.0697. The van der Waals surface area contributed by atoms with Crippen LogP contribution in [0.2, 0.25) is 0 Å². The monoisotopic (exact) mass is 372 g/mol. The van der Waals surface area contributed by atoms with E-state index >= 15 is 0 Å². The Bertz CT molecular complexity index is 1060. The molecule has 4 heteroatoms. The molecule has 0 amide bonds. The van der Waals surface area contributed by atoms with Gasteiger partial charge in [0.15, 0.2) is 0 Å². The molecule has 4 nitrogen and oxygen atoms in total. The standard InChI is InChI=1S/C24H20O4/c25-24(26)17-10-12-20(13-11-17)27-14-5-15-28-23-21-8-3-1-6-18(21)16-19-7-2-4-9-22(19)23/h1-4,6-13,16H,5,14-15H2,(H,25,26). The Balaban J connectivity index is 1.42. The van der Waals surface area contributed by atoms with Crippen molar-refractivity contribution >= 4 is 27.5 Å². The fourth-order valence-corrected chi connectivity index (χ4v) is 3.24. The van der Waals surface area contributed by atoms with Gasteiger partial charge in [-0.15, -0.1) is 0 Å². The number of fused-ring (bicyclic) bond motifs is 2. The van der Waals surface area contributed by atoms with Gasteiger partial charge in [0, 0.05) is 17.2 Å². The first-order valence-corrected chi connectivity index (χ1v) is 9.22. The molecule has 0 bridgehead atoms. The highest BCUT2D eigenvalue weighted by Gasteiger charge is 2.08. The van der Waals surface area contributed by atoms with Crippen molar-refractivity contribution in [3.8, 4) is 11.5 Å². The van der Waals surface area contributed by atoms with Gasteiger partial charge in [-0.25, -0.2) is 4.79 Å². The van der Waals surface area contributed by atoms with Crippen molar-refractivity contribution in [2.45, 2.75) is 6.42 Å². The third-order valence-electron chi connectivity index (χ3n) is 4.63. The van der Waals surface area contributed by atoms with Crippen molar-refractivity contribution in [2.75, 3.05) is 13.2 Å². The zero-order chi connectivity index (χ0) is 19.3. The molecule has 140 valence electrons. The van der Waals surface area contributed by atoms with Crippen LogP contribution in [0.25, 0.3) is 21.5 Å². The van der Waals surface area contributed by atoms with E-state index in [0.29, 0.717) is 19.0 Å². The fourth-order valence-electron chi connectivity index (χ4n) is 3.24. The highest BCUT2D eigenvalue weighted by atomic mass is 16.5. The van der Waals surface area contributed by atoms with E-state index in [0.717, 1.165) is 33.7 Å². The molecule has 0 aliphatic carbocycles. The van der Waals surface area contributed by atoms with Crippen LogP contribution >= 0.6 is 0 Å². The number of rotatable bonds is 7. The van der Waals surface area contributed by atoms with Crippen molar-refractivity contribution in [3.05, 3.63) is 84.4 Å². The quantitative estimate of drug-likeness (QED) is 0.342. The number of carbonyl (C=O) groups is 1. The molecule has 0 radical (unpaired) electrons. The van der Waals surface area contributed by atoms with Crippen LogP contribution < -0.4 is 9.47 Å². The molecule has 0 aliphatic heterocycles. The summed E-state index contributed by atoms with van der Waals surface area (Å²) in [6.45, 7) is 1.03. The molecule has 0 saturated heterocycles. The summed E-state index contributed by atoms with van der Waals surface area (Å²) in [5.74, 6) is 0.613. The first-order chi connectivity index (χ1) is 13.7. The SMILES string of the molecule is O=C(O)c1ccc(OCCCOc2c3ccccc3cc3ccccc23)cc1. The Kier molecular flexibility index (Phi) is 5.11. The lowest BCUT2D eigenvalue weighted by atomic mass is 10.0. The van der Waals surface area contributed by atoms with Gasteiger partial charge in [0.1, 0.15) is 11.5 Å². The van der Waals surface area contributed by atoms with Gasteiger partial charge in [-0.2, -0.15) is 0 Å². The van der Waals surface area contributed by atoms with E-state index in [9.17, 15) is 4.79 Å². The third kappa shape index (κ3) is 3.76. The normalized spacial score (nSPS) is 10.9. The molecule has 0 spiro atoms. The lowest BCUT2D eigenvalue weighted by Crippen LogP contribution is -2.06. The molecule has 0 heterocycles. The number of carboxylic acid groups (broad SMARTS) is 1. The highest BCUT2D eigenvalue weighted by molar-refractivity contribution is 6.05. The van der Waals surface area contributed by atoms with E-state index < -0.39 is 5.97 Å². The van der Waals surface area contributed by atoms with E-state index in [1.807, 2.05) is 24.3 Å². The molecular formula is C24H20O4. The Hall–Kier alpha value is -3.53. The van der Waals surface area contributed by atoms with Crippen molar-refractivity contribution in [1.29, 1.82) is 0 Å². The van der Waals surface area contributed by atoms with Crippen LogP contribution in [-0.4, -0.2) is 24.3 Å². The summed E-state index contributed by atoms with van der Waals surface area (Å²) >= 11 is 0. The summed E-state index contributed by atoms with van der Waals surface area (Å²) in [6, 6.07) is 25.1. The largest absolute Gasteiger partial charge is 0.493 e. The topological polar surface area (TPSA) is 55.8 Å². The zero-order valence-corrected chi connectivity index (χ0v) is 15.3. The smallest absolute Gasteiger partial charge is 0.335 e. The van der Waals surface area contributed by atoms with E-state index in [1.165, 1.54) is 12.1 Å². The maximum Gasteiger partial charge on any atom is 0.335 e. The van der Waals surface area contributed by atoms with E-state index in [1.54, 1.807) is 12.1 Å². The van der Waals surface area contributed by atoms with Crippen LogP contribution in [-0.2, 0) is 0 Å². The van der Waals surface area contributed by atoms with Gasteiger partial charge in [-0.05, 0) is 41.1 Å². The predicted molar refractivity (Wildman–Crippen MR) is 110 cm³/mol. The number of aromatic carboxylic acids is 1. The van der Waals surface area contributed by atoms with E-state index in [-0.39, 0.29) is 5.56 Å². The number of hydrogen-bond acceptors (Lipinski definition) is 3. The molecule has 4 rings (SSSR count). The molecule has 0 atom stereocenters. The fraction of sp³-hybridized carbons (Fsp3) is 0.125. The van der Waals surface area contributed by atoms with Crippen LogP contribution in [0.15, 0.2) is 78.9 Å². The second-order valence-corrected chi connectivity index (χ2v) is 6.53. The highest BCUT2D eigenvalue weighted by Crippen LogP contribution is 2.34.